The van der Waals surface area contributed by atoms with Crippen molar-refractivity contribution < 1.29 is 0 Å². The fraction of sp³-hybridized carbons (Fsp3) is 0.231. The molecular weight excluding hydrogens is 876 g/mol. The number of hydrogen-bond donors (Lipinski definition) is 0. The molecular formula is C65H61BN2Si2. The molecule has 0 unspecified atom stereocenters. The van der Waals surface area contributed by atoms with Crippen molar-refractivity contribution in [3.63, 3.8) is 0 Å². The summed E-state index contributed by atoms with van der Waals surface area (Å²) in [7, 11) is -3.66. The maximum absolute atomic E-state index is 2.80. The van der Waals surface area contributed by atoms with Crippen molar-refractivity contribution in [1.82, 2.24) is 9.13 Å². The first-order valence-corrected chi connectivity index (χ1v) is 32.7. The van der Waals surface area contributed by atoms with Crippen LogP contribution < -0.4 is 26.8 Å². The second-order valence-electron chi connectivity index (χ2n) is 25.3. The fourth-order valence-electron chi connectivity index (χ4n) is 13.6. The molecule has 4 aliphatic rings. The highest BCUT2D eigenvalue weighted by Crippen LogP contribution is 2.61. The summed E-state index contributed by atoms with van der Waals surface area (Å²) < 4.78 is 5.52. The summed E-state index contributed by atoms with van der Waals surface area (Å²) in [5.74, 6) is 0. The van der Waals surface area contributed by atoms with E-state index in [1.54, 1.807) is 0 Å². The van der Waals surface area contributed by atoms with Crippen molar-refractivity contribution in [2.45, 2.75) is 97.1 Å². The first-order valence-electron chi connectivity index (χ1n) is 25.7. The quantitative estimate of drug-likeness (QED) is 0.156. The molecule has 0 bridgehead atoms. The minimum atomic E-state index is -1.83. The summed E-state index contributed by atoms with van der Waals surface area (Å²) >= 11 is 0. The molecule has 0 saturated heterocycles. The van der Waals surface area contributed by atoms with Crippen molar-refractivity contribution in [3.05, 3.63) is 185 Å². The van der Waals surface area contributed by atoms with Crippen LogP contribution in [0.15, 0.2) is 152 Å². The van der Waals surface area contributed by atoms with Gasteiger partial charge < -0.3 is 9.13 Å². The SMILES string of the molecule is CC(C)(C)c1ccc(-c2c(-c3ccc(C(C)(C)C)cc3)n3c4c(cccc24)B2c4c-3ccc3c4-n4c5c2cc([Si](C)(C)C)cc5c2cc([Si](C)(C)C)cc(c24)C32c3ccccc3-c3ccccc32)cc1. The number of nitrogens with zero attached hydrogens (tertiary/aromatic N) is 2. The molecule has 5 heteroatoms. The van der Waals surface area contributed by atoms with Crippen LogP contribution in [0, 0.1) is 0 Å². The first-order chi connectivity index (χ1) is 33.3. The summed E-state index contributed by atoms with van der Waals surface area (Å²) in [5, 5.41) is 7.24. The number of aromatic nitrogens is 2. The highest BCUT2D eigenvalue weighted by atomic mass is 28.3. The van der Waals surface area contributed by atoms with E-state index in [4.69, 9.17) is 0 Å². The van der Waals surface area contributed by atoms with Gasteiger partial charge in [-0.25, -0.2) is 0 Å². The monoisotopic (exact) mass is 936 g/mol. The van der Waals surface area contributed by atoms with Gasteiger partial charge in [0.05, 0.1) is 32.8 Å². The highest BCUT2D eigenvalue weighted by Gasteiger charge is 2.55. The van der Waals surface area contributed by atoms with Crippen molar-refractivity contribution in [2.75, 3.05) is 0 Å². The zero-order valence-electron chi connectivity index (χ0n) is 42.9. The number of benzene rings is 8. The van der Waals surface area contributed by atoms with E-state index >= 15 is 0 Å². The molecule has 0 N–H and O–H groups in total. The van der Waals surface area contributed by atoms with Gasteiger partial charge in [0.1, 0.15) is 0 Å². The lowest BCUT2D eigenvalue weighted by atomic mass is 9.33. The zero-order chi connectivity index (χ0) is 48.3. The molecule has 0 fully saturated rings. The maximum Gasteiger partial charge on any atom is 0.252 e. The van der Waals surface area contributed by atoms with E-state index in [0.29, 0.717) is 0 Å². The van der Waals surface area contributed by atoms with E-state index in [-0.39, 0.29) is 17.5 Å². The smallest absolute Gasteiger partial charge is 0.252 e. The molecule has 2 nitrogen and oxygen atoms in total. The van der Waals surface area contributed by atoms with Gasteiger partial charge in [-0.2, -0.15) is 0 Å². The van der Waals surface area contributed by atoms with Gasteiger partial charge in [0.2, 0.25) is 0 Å². The Morgan fingerprint density at radius 3 is 1.57 bits per heavy atom. The van der Waals surface area contributed by atoms with E-state index < -0.39 is 21.6 Å². The fourth-order valence-corrected chi connectivity index (χ4v) is 15.9. The second-order valence-corrected chi connectivity index (χ2v) is 35.5. The van der Waals surface area contributed by atoms with Gasteiger partial charge in [0.15, 0.2) is 0 Å². The van der Waals surface area contributed by atoms with Gasteiger partial charge in [0, 0.05) is 44.1 Å². The average molecular weight is 937 g/mol. The van der Waals surface area contributed by atoms with Gasteiger partial charge in [0.25, 0.3) is 6.71 Å². The normalized spacial score (nSPS) is 14.9. The molecule has 342 valence electrons. The largest absolute Gasteiger partial charge is 0.310 e. The van der Waals surface area contributed by atoms with Crippen LogP contribution in [-0.2, 0) is 16.2 Å². The number of rotatable bonds is 4. The maximum atomic E-state index is 2.80. The molecule has 8 aromatic carbocycles. The second kappa shape index (κ2) is 13.5. The third-order valence-electron chi connectivity index (χ3n) is 17.1. The summed E-state index contributed by atoms with van der Waals surface area (Å²) in [6.07, 6.45) is 0. The summed E-state index contributed by atoms with van der Waals surface area (Å²) in [4.78, 5) is 0. The molecule has 1 spiro atoms. The summed E-state index contributed by atoms with van der Waals surface area (Å²) in [5.41, 5.74) is 26.9. The van der Waals surface area contributed by atoms with Crippen LogP contribution in [0.3, 0.4) is 0 Å². The van der Waals surface area contributed by atoms with Crippen molar-refractivity contribution in [1.29, 1.82) is 0 Å². The van der Waals surface area contributed by atoms with Gasteiger partial charge in [-0.1, -0.05) is 237 Å². The van der Waals surface area contributed by atoms with Crippen LogP contribution in [0.5, 0.6) is 0 Å². The third kappa shape index (κ3) is 5.30. The van der Waals surface area contributed by atoms with E-state index in [9.17, 15) is 0 Å². The van der Waals surface area contributed by atoms with Crippen LogP contribution in [0.25, 0.3) is 77.6 Å². The Bertz CT molecular complexity index is 3920. The number of fused-ring (bicyclic) bond motifs is 11. The van der Waals surface area contributed by atoms with E-state index in [0.717, 1.165) is 0 Å². The highest BCUT2D eigenvalue weighted by molar-refractivity contribution is 7.01. The Morgan fingerprint density at radius 1 is 0.443 bits per heavy atom. The number of para-hydroxylation sites is 1. The van der Waals surface area contributed by atoms with Crippen molar-refractivity contribution >= 4 is 82.3 Å². The van der Waals surface area contributed by atoms with Crippen LogP contribution in [-0.4, -0.2) is 32.0 Å². The molecule has 10 aromatic rings. The lowest BCUT2D eigenvalue weighted by Crippen LogP contribution is -2.61. The standard InChI is InChI=1S/C65H61BN2Si2/c1-63(2,3)40-28-24-38(25-29-40)56-46-20-17-23-53-60(46)67(58(56)39-26-30-41(31-27-39)64(4,5)6)55-33-32-51-62-57(55)66(53)54-37-43(70(10,11)12)35-48-47-34-42(69(7,8)9)36-52(59(47)68(62)61(48)54)65(51)49-21-15-13-18-44(49)45-19-14-16-22-50(45)65/h13-37H,1-12H3. The Morgan fingerprint density at radius 2 is 0.986 bits per heavy atom. The third-order valence-corrected chi connectivity index (χ3v) is 21.2. The minimum Gasteiger partial charge on any atom is -0.310 e. The van der Waals surface area contributed by atoms with Gasteiger partial charge in [-0.05, 0) is 88.9 Å². The van der Waals surface area contributed by atoms with Gasteiger partial charge in [-0.15, -0.1) is 0 Å². The molecule has 3 aliphatic heterocycles. The summed E-state index contributed by atoms with van der Waals surface area (Å²) in [6.45, 7) is 29.2. The molecule has 0 saturated carbocycles. The zero-order valence-corrected chi connectivity index (χ0v) is 44.9. The Hall–Kier alpha value is -6.40. The van der Waals surface area contributed by atoms with Crippen molar-refractivity contribution in [2.24, 2.45) is 0 Å². The number of hydrogen-bond acceptors (Lipinski definition) is 0. The molecule has 14 rings (SSSR count). The van der Waals surface area contributed by atoms with E-state index in [1.807, 2.05) is 0 Å². The average Bonchev–Trinajstić information content (AvgIpc) is 3.95. The molecule has 5 heterocycles. The van der Waals surface area contributed by atoms with Crippen LogP contribution in [0.1, 0.15) is 74.9 Å². The minimum absolute atomic E-state index is 0.0422. The molecule has 1 aliphatic carbocycles. The Balaban J connectivity index is 1.20. The van der Waals surface area contributed by atoms with Gasteiger partial charge in [-0.3, -0.25) is 0 Å². The van der Waals surface area contributed by atoms with Crippen LogP contribution in [0.2, 0.25) is 39.3 Å². The van der Waals surface area contributed by atoms with Crippen LogP contribution in [0.4, 0.5) is 0 Å². The lowest BCUT2D eigenvalue weighted by Gasteiger charge is -2.44. The topological polar surface area (TPSA) is 9.86 Å². The molecule has 0 atom stereocenters. The molecule has 70 heavy (non-hydrogen) atoms. The molecule has 0 amide bonds. The van der Waals surface area contributed by atoms with E-state index in [1.165, 1.54) is 138 Å². The first kappa shape index (κ1) is 42.5. The van der Waals surface area contributed by atoms with Crippen molar-refractivity contribution in [3.8, 4) is 44.9 Å². The Kier molecular flexibility index (Phi) is 8.20. The predicted octanol–water partition coefficient (Wildman–Crippen LogP) is 13.6. The van der Waals surface area contributed by atoms with E-state index in [2.05, 4.69) is 242 Å². The molecule has 2 aromatic heterocycles. The lowest BCUT2D eigenvalue weighted by molar-refractivity contribution is 0.590. The molecule has 0 radical (unpaired) electrons. The van der Waals surface area contributed by atoms with Crippen LogP contribution >= 0.6 is 0 Å². The summed E-state index contributed by atoms with van der Waals surface area (Å²) in [6, 6.07) is 61.0. The van der Waals surface area contributed by atoms with Gasteiger partial charge >= 0.3 is 0 Å². The Labute approximate surface area is 416 Å². The predicted molar refractivity (Wildman–Crippen MR) is 307 cm³/mol.